The molecule has 0 atom stereocenters. The number of benzene rings is 1. The van der Waals surface area contributed by atoms with Gasteiger partial charge in [0.25, 0.3) is 0 Å². The molecule has 4 heteroatoms. The third kappa shape index (κ3) is 1.92. The van der Waals surface area contributed by atoms with Crippen LogP contribution in [-0.2, 0) is 6.54 Å². The van der Waals surface area contributed by atoms with Crippen molar-refractivity contribution in [1.82, 2.24) is 9.88 Å². The number of hydrogen-bond donors (Lipinski definition) is 1. The van der Waals surface area contributed by atoms with Crippen LogP contribution in [0.25, 0.3) is 11.1 Å². The molecule has 1 N–H and O–H groups in total. The van der Waals surface area contributed by atoms with E-state index < -0.39 is 0 Å². The lowest BCUT2D eigenvalue weighted by Crippen LogP contribution is -2.19. The van der Waals surface area contributed by atoms with Gasteiger partial charge in [-0.15, -0.1) is 0 Å². The molecule has 16 heavy (non-hydrogen) atoms. The van der Waals surface area contributed by atoms with E-state index in [0.29, 0.717) is 18.7 Å². The summed E-state index contributed by atoms with van der Waals surface area (Å²) in [4.78, 5) is 11.6. The molecule has 0 bridgehead atoms. The second-order valence-electron chi connectivity index (χ2n) is 3.70. The molecule has 1 aromatic carbocycles. The van der Waals surface area contributed by atoms with Gasteiger partial charge in [-0.05, 0) is 24.8 Å². The average molecular weight is 218 g/mol. The first kappa shape index (κ1) is 10.7. The Balaban J connectivity index is 2.40. The van der Waals surface area contributed by atoms with Gasteiger partial charge in [-0.25, -0.2) is 4.79 Å². The Morgan fingerprint density at radius 1 is 1.50 bits per heavy atom. The van der Waals surface area contributed by atoms with Gasteiger partial charge in [-0.2, -0.15) is 0 Å². The molecule has 2 aromatic rings. The fourth-order valence-electron chi connectivity index (χ4n) is 1.69. The number of aromatic nitrogens is 1. The minimum absolute atomic E-state index is 0.335. The third-order valence-electron chi connectivity index (χ3n) is 2.38. The summed E-state index contributed by atoms with van der Waals surface area (Å²) in [5.74, 6) is -0.335. The summed E-state index contributed by atoms with van der Waals surface area (Å²) < 4.78 is 6.72. The summed E-state index contributed by atoms with van der Waals surface area (Å²) in [5, 5.41) is 3.00. The fourth-order valence-corrected chi connectivity index (χ4v) is 1.69. The van der Waals surface area contributed by atoms with Gasteiger partial charge in [-0.3, -0.25) is 4.57 Å². The van der Waals surface area contributed by atoms with Crippen molar-refractivity contribution in [3.05, 3.63) is 47.0 Å². The van der Waals surface area contributed by atoms with Crippen molar-refractivity contribution in [2.75, 3.05) is 13.6 Å². The minimum Gasteiger partial charge on any atom is -0.408 e. The van der Waals surface area contributed by atoms with Crippen molar-refractivity contribution < 1.29 is 4.42 Å². The molecule has 0 spiro atoms. The molecule has 0 radical (unpaired) electrons. The topological polar surface area (TPSA) is 47.2 Å². The van der Waals surface area contributed by atoms with Crippen LogP contribution >= 0.6 is 0 Å². The van der Waals surface area contributed by atoms with E-state index in [0.717, 1.165) is 11.1 Å². The second-order valence-corrected chi connectivity index (χ2v) is 3.70. The number of oxazole rings is 1. The highest BCUT2D eigenvalue weighted by Gasteiger charge is 2.08. The zero-order chi connectivity index (χ0) is 11.5. The zero-order valence-corrected chi connectivity index (χ0v) is 9.19. The number of nitrogens with one attached hydrogen (secondary N) is 1. The lowest BCUT2D eigenvalue weighted by molar-refractivity contribution is 0.514. The van der Waals surface area contributed by atoms with Gasteiger partial charge in [0.2, 0.25) is 0 Å². The van der Waals surface area contributed by atoms with Gasteiger partial charge in [-0.1, -0.05) is 18.7 Å². The van der Waals surface area contributed by atoms with Gasteiger partial charge >= 0.3 is 5.76 Å². The van der Waals surface area contributed by atoms with Crippen LogP contribution in [0, 0.1) is 0 Å². The van der Waals surface area contributed by atoms with Crippen LogP contribution in [0.2, 0.25) is 0 Å². The molecule has 1 heterocycles. The normalized spacial score (nSPS) is 10.8. The quantitative estimate of drug-likeness (QED) is 0.788. The Hall–Kier alpha value is -1.81. The van der Waals surface area contributed by atoms with Crippen molar-refractivity contribution in [3.8, 4) is 0 Å². The number of likely N-dealkylation sites (N-methyl/N-ethyl adjacent to an activating group) is 1. The van der Waals surface area contributed by atoms with Crippen LogP contribution in [0.1, 0.15) is 0 Å². The Kier molecular flexibility index (Phi) is 2.92. The largest absolute Gasteiger partial charge is 0.420 e. The van der Waals surface area contributed by atoms with Gasteiger partial charge in [0.1, 0.15) is 0 Å². The number of rotatable bonds is 4. The van der Waals surface area contributed by atoms with E-state index in [1.165, 1.54) is 0 Å². The van der Waals surface area contributed by atoms with E-state index in [1.54, 1.807) is 10.6 Å². The van der Waals surface area contributed by atoms with Crippen LogP contribution in [0.4, 0.5) is 0 Å². The maximum atomic E-state index is 11.6. The Labute approximate surface area is 93.2 Å². The summed E-state index contributed by atoms with van der Waals surface area (Å²) in [6.07, 6.45) is 0. The molecule has 0 unspecified atom stereocenters. The lowest BCUT2D eigenvalue weighted by atomic mass is 10.3. The van der Waals surface area contributed by atoms with Crippen molar-refractivity contribution in [2.45, 2.75) is 6.54 Å². The van der Waals surface area contributed by atoms with Crippen molar-refractivity contribution in [3.63, 3.8) is 0 Å². The highest BCUT2D eigenvalue weighted by atomic mass is 16.4. The van der Waals surface area contributed by atoms with E-state index in [9.17, 15) is 4.79 Å². The molecule has 84 valence electrons. The first-order valence-corrected chi connectivity index (χ1v) is 5.12. The number of para-hydroxylation sites is 2. The van der Waals surface area contributed by atoms with Crippen LogP contribution < -0.4 is 11.1 Å². The van der Waals surface area contributed by atoms with Crippen molar-refractivity contribution >= 4 is 11.1 Å². The molecule has 0 amide bonds. The van der Waals surface area contributed by atoms with Gasteiger partial charge < -0.3 is 9.73 Å². The Morgan fingerprint density at radius 2 is 2.25 bits per heavy atom. The smallest absolute Gasteiger partial charge is 0.408 e. The standard InChI is InChI=1S/C12H14N2O2/c1-9(7-13-2)8-14-10-5-3-4-6-11(10)16-12(14)15/h3-6,13H,1,7-8H2,2H3. The molecule has 0 saturated carbocycles. The van der Waals surface area contributed by atoms with Crippen molar-refractivity contribution in [2.24, 2.45) is 0 Å². The molecular formula is C12H14N2O2. The Bertz CT molecular complexity index is 566. The maximum Gasteiger partial charge on any atom is 0.420 e. The third-order valence-corrected chi connectivity index (χ3v) is 2.38. The summed E-state index contributed by atoms with van der Waals surface area (Å²) in [7, 11) is 1.85. The lowest BCUT2D eigenvalue weighted by Gasteiger charge is -2.05. The maximum absolute atomic E-state index is 11.6. The van der Waals surface area contributed by atoms with Crippen LogP contribution in [0.3, 0.4) is 0 Å². The van der Waals surface area contributed by atoms with Crippen LogP contribution in [-0.4, -0.2) is 18.2 Å². The van der Waals surface area contributed by atoms with Crippen molar-refractivity contribution in [1.29, 1.82) is 0 Å². The van der Waals surface area contributed by atoms with E-state index in [1.807, 2.05) is 25.2 Å². The molecule has 1 aromatic heterocycles. The summed E-state index contributed by atoms with van der Waals surface area (Å²) in [6, 6.07) is 7.38. The van der Waals surface area contributed by atoms with Gasteiger partial charge in [0.05, 0.1) is 12.1 Å². The molecular weight excluding hydrogens is 204 g/mol. The van der Waals surface area contributed by atoms with Crippen LogP contribution in [0.15, 0.2) is 45.6 Å². The van der Waals surface area contributed by atoms with Crippen LogP contribution in [0.5, 0.6) is 0 Å². The first-order valence-electron chi connectivity index (χ1n) is 5.12. The van der Waals surface area contributed by atoms with Gasteiger partial charge in [0.15, 0.2) is 5.58 Å². The average Bonchev–Trinajstić information content (AvgIpc) is 2.56. The minimum atomic E-state index is -0.335. The van der Waals surface area contributed by atoms with E-state index in [4.69, 9.17) is 4.42 Å². The molecule has 4 nitrogen and oxygen atoms in total. The monoisotopic (exact) mass is 218 g/mol. The molecule has 0 aliphatic carbocycles. The first-order chi connectivity index (χ1) is 7.72. The second kappa shape index (κ2) is 4.37. The van der Waals surface area contributed by atoms with E-state index >= 15 is 0 Å². The summed E-state index contributed by atoms with van der Waals surface area (Å²) >= 11 is 0. The SMILES string of the molecule is C=C(CNC)Cn1c(=O)oc2ccccc21. The molecule has 0 saturated heterocycles. The number of hydrogen-bond acceptors (Lipinski definition) is 3. The fraction of sp³-hybridized carbons (Fsp3) is 0.250. The highest BCUT2D eigenvalue weighted by Crippen LogP contribution is 2.12. The van der Waals surface area contributed by atoms with Gasteiger partial charge in [0, 0.05) is 6.54 Å². The predicted octanol–water partition coefficient (Wildman–Crippen LogP) is 1.37. The summed E-state index contributed by atoms with van der Waals surface area (Å²) in [5.41, 5.74) is 2.37. The number of nitrogens with zero attached hydrogens (tertiary/aromatic N) is 1. The number of fused-ring (bicyclic) bond motifs is 1. The zero-order valence-electron chi connectivity index (χ0n) is 9.19. The highest BCUT2D eigenvalue weighted by molar-refractivity contribution is 5.72. The van der Waals surface area contributed by atoms with E-state index in [-0.39, 0.29) is 5.76 Å². The molecule has 0 aliphatic rings. The molecule has 2 rings (SSSR count). The predicted molar refractivity (Wildman–Crippen MR) is 63.5 cm³/mol. The molecule has 0 aliphatic heterocycles. The van der Waals surface area contributed by atoms with E-state index in [2.05, 4.69) is 11.9 Å². The molecule has 0 fully saturated rings. The summed E-state index contributed by atoms with van der Waals surface area (Å²) in [6.45, 7) is 5.07. The Morgan fingerprint density at radius 3 is 3.00 bits per heavy atom.